The first-order chi connectivity index (χ1) is 12.0. The smallest absolute Gasteiger partial charge is 0.191 e. The minimum absolute atomic E-state index is 0. The van der Waals surface area contributed by atoms with Crippen LogP contribution in [0.25, 0.3) is 0 Å². The molecule has 3 rings (SSSR count). The highest BCUT2D eigenvalue weighted by molar-refractivity contribution is 14.0. The molecule has 142 valence electrons. The van der Waals surface area contributed by atoms with E-state index in [0.717, 1.165) is 18.1 Å². The summed E-state index contributed by atoms with van der Waals surface area (Å²) in [7, 11) is 3.84. The Morgan fingerprint density at radius 1 is 1.31 bits per heavy atom. The van der Waals surface area contributed by atoms with Gasteiger partial charge in [0.15, 0.2) is 5.96 Å². The van der Waals surface area contributed by atoms with Gasteiger partial charge in [0.2, 0.25) is 0 Å². The maximum absolute atomic E-state index is 4.51. The molecule has 1 aliphatic carbocycles. The van der Waals surface area contributed by atoms with Crippen LogP contribution in [0.5, 0.6) is 0 Å². The lowest BCUT2D eigenvalue weighted by Crippen LogP contribution is -2.44. The van der Waals surface area contributed by atoms with E-state index >= 15 is 0 Å². The normalized spacial score (nSPS) is 20.3. The molecule has 1 aliphatic rings. The van der Waals surface area contributed by atoms with Gasteiger partial charge in [-0.15, -0.1) is 24.0 Å². The van der Waals surface area contributed by atoms with Crippen molar-refractivity contribution in [3.8, 4) is 0 Å². The Balaban J connectivity index is 0.00000243. The van der Waals surface area contributed by atoms with Crippen LogP contribution in [-0.2, 0) is 13.5 Å². The molecule has 6 heteroatoms. The molecule has 0 amide bonds. The number of nitrogens with one attached hydrogen (secondary N) is 2. The monoisotopic (exact) mass is 467 g/mol. The number of hydrogen-bond acceptors (Lipinski definition) is 2. The number of hydrogen-bond donors (Lipinski definition) is 2. The van der Waals surface area contributed by atoms with Crippen molar-refractivity contribution in [3.63, 3.8) is 0 Å². The van der Waals surface area contributed by atoms with Gasteiger partial charge in [-0.1, -0.05) is 30.3 Å². The molecule has 1 heterocycles. The van der Waals surface area contributed by atoms with Crippen LogP contribution < -0.4 is 10.6 Å². The molecular weight excluding hydrogens is 437 g/mol. The molecule has 0 bridgehead atoms. The lowest BCUT2D eigenvalue weighted by atomic mass is 10.1. The Labute approximate surface area is 173 Å². The van der Waals surface area contributed by atoms with Gasteiger partial charge in [0.25, 0.3) is 0 Å². The van der Waals surface area contributed by atoms with Gasteiger partial charge in [0.1, 0.15) is 0 Å². The lowest BCUT2D eigenvalue weighted by molar-refractivity contribution is 0.633. The molecule has 0 radical (unpaired) electrons. The highest BCUT2D eigenvalue weighted by Crippen LogP contribution is 2.40. The summed E-state index contributed by atoms with van der Waals surface area (Å²) >= 11 is 0. The third kappa shape index (κ3) is 4.78. The summed E-state index contributed by atoms with van der Waals surface area (Å²) in [4.78, 5) is 4.40. The molecule has 1 aromatic heterocycles. The predicted octanol–water partition coefficient (Wildman–Crippen LogP) is 3.31. The van der Waals surface area contributed by atoms with Crippen LogP contribution >= 0.6 is 24.0 Å². The van der Waals surface area contributed by atoms with Crippen molar-refractivity contribution in [1.82, 2.24) is 20.4 Å². The largest absolute Gasteiger partial charge is 0.354 e. The van der Waals surface area contributed by atoms with Crippen molar-refractivity contribution >= 4 is 29.9 Å². The molecule has 1 aromatic carbocycles. The van der Waals surface area contributed by atoms with Gasteiger partial charge in [-0.25, -0.2) is 0 Å². The third-order valence-electron chi connectivity index (χ3n) is 5.12. The second kappa shape index (κ2) is 8.88. The van der Waals surface area contributed by atoms with E-state index < -0.39 is 0 Å². The van der Waals surface area contributed by atoms with E-state index in [1.807, 2.05) is 18.8 Å². The summed E-state index contributed by atoms with van der Waals surface area (Å²) in [5, 5.41) is 11.6. The lowest BCUT2D eigenvalue weighted by Gasteiger charge is -2.18. The van der Waals surface area contributed by atoms with E-state index in [2.05, 4.69) is 71.8 Å². The van der Waals surface area contributed by atoms with E-state index in [1.54, 1.807) is 0 Å². The standard InChI is InChI=1S/C20H29N5.HI/c1-13(11-17-14(2)24-25(5)15(17)3)22-20(21-4)23-19-12-18(19)16-9-7-6-8-10-16;/h6-10,13,18-19H,11-12H2,1-5H3,(H2,21,22,23);1H. The minimum atomic E-state index is 0. The maximum atomic E-state index is 4.51. The molecular formula is C20H30IN5. The predicted molar refractivity (Wildman–Crippen MR) is 118 cm³/mol. The minimum Gasteiger partial charge on any atom is -0.354 e. The van der Waals surface area contributed by atoms with E-state index in [1.165, 1.54) is 23.2 Å². The summed E-state index contributed by atoms with van der Waals surface area (Å²) < 4.78 is 1.96. The Hall–Kier alpha value is -1.57. The van der Waals surface area contributed by atoms with E-state index in [9.17, 15) is 0 Å². The summed E-state index contributed by atoms with van der Waals surface area (Å²) in [6.07, 6.45) is 2.11. The first-order valence-corrected chi connectivity index (χ1v) is 9.03. The Morgan fingerprint density at radius 3 is 2.58 bits per heavy atom. The molecule has 2 N–H and O–H groups in total. The molecule has 1 saturated carbocycles. The number of benzene rings is 1. The van der Waals surface area contributed by atoms with Gasteiger partial charge in [0, 0.05) is 37.8 Å². The molecule has 26 heavy (non-hydrogen) atoms. The van der Waals surface area contributed by atoms with Crippen LogP contribution in [0.3, 0.4) is 0 Å². The fourth-order valence-electron chi connectivity index (χ4n) is 3.47. The Kier molecular flexibility index (Phi) is 7.08. The van der Waals surface area contributed by atoms with Crippen LogP contribution in [0.2, 0.25) is 0 Å². The van der Waals surface area contributed by atoms with Crippen LogP contribution in [0.4, 0.5) is 0 Å². The quantitative estimate of drug-likeness (QED) is 0.403. The highest BCUT2D eigenvalue weighted by Gasteiger charge is 2.38. The zero-order valence-corrected chi connectivity index (χ0v) is 18.6. The molecule has 5 nitrogen and oxygen atoms in total. The fraction of sp³-hybridized carbons (Fsp3) is 0.500. The second-order valence-corrected chi connectivity index (χ2v) is 7.10. The van der Waals surface area contributed by atoms with Gasteiger partial charge in [-0.2, -0.15) is 5.10 Å². The molecule has 1 fully saturated rings. The third-order valence-corrected chi connectivity index (χ3v) is 5.12. The number of aryl methyl sites for hydroxylation is 2. The Morgan fingerprint density at radius 2 is 2.00 bits per heavy atom. The highest BCUT2D eigenvalue weighted by atomic mass is 127. The van der Waals surface area contributed by atoms with Crippen LogP contribution in [0, 0.1) is 13.8 Å². The number of aliphatic imine (C=N–C) groups is 1. The average molecular weight is 467 g/mol. The fourth-order valence-corrected chi connectivity index (χ4v) is 3.47. The summed E-state index contributed by atoms with van der Waals surface area (Å²) in [6, 6.07) is 11.5. The second-order valence-electron chi connectivity index (χ2n) is 7.10. The van der Waals surface area contributed by atoms with Crippen LogP contribution in [0.1, 0.15) is 41.8 Å². The average Bonchev–Trinajstić information content (AvgIpc) is 3.33. The number of guanidine groups is 1. The number of nitrogens with zero attached hydrogens (tertiary/aromatic N) is 3. The Bertz CT molecular complexity index is 753. The van der Waals surface area contributed by atoms with E-state index in [-0.39, 0.29) is 24.0 Å². The van der Waals surface area contributed by atoms with Gasteiger partial charge in [-0.3, -0.25) is 9.67 Å². The molecule has 2 aromatic rings. The first-order valence-electron chi connectivity index (χ1n) is 9.03. The van der Waals surface area contributed by atoms with Crippen molar-refractivity contribution in [3.05, 3.63) is 52.8 Å². The van der Waals surface area contributed by atoms with Gasteiger partial charge >= 0.3 is 0 Å². The van der Waals surface area contributed by atoms with E-state index in [0.29, 0.717) is 18.0 Å². The number of halogens is 1. The van der Waals surface area contributed by atoms with Crippen molar-refractivity contribution in [2.45, 2.75) is 51.6 Å². The summed E-state index contributed by atoms with van der Waals surface area (Å²) in [5.74, 6) is 1.48. The van der Waals surface area contributed by atoms with E-state index in [4.69, 9.17) is 0 Å². The van der Waals surface area contributed by atoms with Gasteiger partial charge in [-0.05, 0) is 44.7 Å². The topological polar surface area (TPSA) is 54.2 Å². The molecule has 0 spiro atoms. The zero-order valence-electron chi connectivity index (χ0n) is 16.3. The van der Waals surface area contributed by atoms with Gasteiger partial charge < -0.3 is 10.6 Å². The van der Waals surface area contributed by atoms with Crippen molar-refractivity contribution in [2.24, 2.45) is 12.0 Å². The summed E-state index contributed by atoms with van der Waals surface area (Å²) in [5.41, 5.74) is 5.08. The van der Waals surface area contributed by atoms with Crippen LogP contribution in [-0.4, -0.2) is 34.9 Å². The molecule has 3 atom stereocenters. The number of aromatic nitrogens is 2. The zero-order chi connectivity index (χ0) is 18.0. The number of rotatable bonds is 5. The van der Waals surface area contributed by atoms with Crippen LogP contribution in [0.15, 0.2) is 35.3 Å². The van der Waals surface area contributed by atoms with Crippen molar-refractivity contribution < 1.29 is 0 Å². The molecule has 0 saturated heterocycles. The SMILES string of the molecule is CN=C(NC(C)Cc1c(C)nn(C)c1C)NC1CC1c1ccccc1.I. The van der Waals surface area contributed by atoms with Crippen molar-refractivity contribution in [1.29, 1.82) is 0 Å². The first kappa shape index (κ1) is 20.7. The molecule has 3 unspecified atom stereocenters. The maximum Gasteiger partial charge on any atom is 0.191 e. The van der Waals surface area contributed by atoms with Gasteiger partial charge in [0.05, 0.1) is 5.69 Å². The molecule has 0 aliphatic heterocycles. The summed E-state index contributed by atoms with van der Waals surface area (Å²) in [6.45, 7) is 6.40. The van der Waals surface area contributed by atoms with Crippen molar-refractivity contribution in [2.75, 3.05) is 7.05 Å².